The standard InChI is InChI=1S/C11H22N2/c1-8(2)10-11(4-5-11)6-7-13(10)9(3)12/h8-10H,4-7,12H2,1-3H3. The second kappa shape index (κ2) is 2.96. The van der Waals surface area contributed by atoms with E-state index >= 15 is 0 Å². The van der Waals surface area contributed by atoms with E-state index in [2.05, 4.69) is 25.7 Å². The first kappa shape index (κ1) is 9.47. The zero-order valence-corrected chi connectivity index (χ0v) is 9.09. The zero-order valence-electron chi connectivity index (χ0n) is 9.09. The number of hydrogen-bond donors (Lipinski definition) is 1. The number of likely N-dealkylation sites (tertiary alicyclic amines) is 1. The molecular weight excluding hydrogens is 160 g/mol. The molecule has 0 radical (unpaired) electrons. The van der Waals surface area contributed by atoms with Gasteiger partial charge in [-0.1, -0.05) is 13.8 Å². The molecule has 13 heavy (non-hydrogen) atoms. The summed E-state index contributed by atoms with van der Waals surface area (Å²) in [6.07, 6.45) is 4.52. The van der Waals surface area contributed by atoms with Crippen molar-refractivity contribution in [2.24, 2.45) is 17.1 Å². The van der Waals surface area contributed by atoms with Gasteiger partial charge in [-0.25, -0.2) is 0 Å². The predicted octanol–water partition coefficient (Wildman–Crippen LogP) is 1.80. The van der Waals surface area contributed by atoms with E-state index in [1.54, 1.807) is 0 Å². The van der Waals surface area contributed by atoms with Crippen LogP contribution in [0.25, 0.3) is 0 Å². The second-order valence-corrected chi connectivity index (χ2v) is 5.28. The Labute approximate surface area is 81.5 Å². The Morgan fingerprint density at radius 1 is 1.23 bits per heavy atom. The van der Waals surface area contributed by atoms with Crippen molar-refractivity contribution in [2.45, 2.75) is 52.2 Å². The van der Waals surface area contributed by atoms with Crippen molar-refractivity contribution in [1.82, 2.24) is 4.90 Å². The van der Waals surface area contributed by atoms with Gasteiger partial charge in [0.2, 0.25) is 0 Å². The van der Waals surface area contributed by atoms with E-state index < -0.39 is 0 Å². The SMILES string of the molecule is CC(C)C1N(C(C)N)CCC12CC2. The molecule has 0 aromatic heterocycles. The Morgan fingerprint density at radius 2 is 1.85 bits per heavy atom. The van der Waals surface area contributed by atoms with Crippen LogP contribution >= 0.6 is 0 Å². The summed E-state index contributed by atoms with van der Waals surface area (Å²) in [5.41, 5.74) is 6.68. The van der Waals surface area contributed by atoms with Crippen LogP contribution in [0, 0.1) is 11.3 Å². The van der Waals surface area contributed by atoms with Gasteiger partial charge in [-0.2, -0.15) is 0 Å². The molecule has 2 heteroatoms. The third-order valence-corrected chi connectivity index (χ3v) is 3.90. The van der Waals surface area contributed by atoms with E-state index in [0.717, 1.165) is 12.0 Å². The number of hydrogen-bond acceptors (Lipinski definition) is 2. The van der Waals surface area contributed by atoms with Crippen LogP contribution in [-0.2, 0) is 0 Å². The van der Waals surface area contributed by atoms with E-state index in [9.17, 15) is 0 Å². The van der Waals surface area contributed by atoms with Crippen LogP contribution in [0.15, 0.2) is 0 Å². The summed E-state index contributed by atoms with van der Waals surface area (Å²) in [7, 11) is 0. The number of nitrogens with zero attached hydrogens (tertiary/aromatic N) is 1. The quantitative estimate of drug-likeness (QED) is 0.705. The summed E-state index contributed by atoms with van der Waals surface area (Å²) in [5, 5.41) is 0. The summed E-state index contributed by atoms with van der Waals surface area (Å²) in [6, 6.07) is 0.757. The lowest BCUT2D eigenvalue weighted by atomic mass is 9.88. The lowest BCUT2D eigenvalue weighted by Crippen LogP contribution is -2.47. The summed E-state index contributed by atoms with van der Waals surface area (Å²) in [5.74, 6) is 0.760. The molecule has 0 bridgehead atoms. The lowest BCUT2D eigenvalue weighted by Gasteiger charge is -2.34. The molecule has 1 aliphatic heterocycles. The number of rotatable bonds is 2. The summed E-state index contributed by atoms with van der Waals surface area (Å²) >= 11 is 0. The van der Waals surface area contributed by atoms with Gasteiger partial charge in [-0.15, -0.1) is 0 Å². The van der Waals surface area contributed by atoms with Gasteiger partial charge in [0.15, 0.2) is 0 Å². The van der Waals surface area contributed by atoms with Crippen molar-refractivity contribution in [3.05, 3.63) is 0 Å². The lowest BCUT2D eigenvalue weighted by molar-refractivity contribution is 0.127. The summed E-state index contributed by atoms with van der Waals surface area (Å²) < 4.78 is 0. The molecule has 0 aromatic carbocycles. The van der Waals surface area contributed by atoms with Gasteiger partial charge in [0.25, 0.3) is 0 Å². The van der Waals surface area contributed by atoms with Crippen LogP contribution in [0.5, 0.6) is 0 Å². The molecule has 1 saturated carbocycles. The Balaban J connectivity index is 2.14. The van der Waals surface area contributed by atoms with Crippen LogP contribution in [0.4, 0.5) is 0 Å². The number of nitrogens with two attached hydrogens (primary N) is 1. The topological polar surface area (TPSA) is 29.3 Å². The average molecular weight is 182 g/mol. The van der Waals surface area contributed by atoms with Crippen molar-refractivity contribution in [1.29, 1.82) is 0 Å². The molecule has 2 atom stereocenters. The maximum atomic E-state index is 6.00. The van der Waals surface area contributed by atoms with Gasteiger partial charge >= 0.3 is 0 Å². The van der Waals surface area contributed by atoms with Crippen molar-refractivity contribution in [3.8, 4) is 0 Å². The second-order valence-electron chi connectivity index (χ2n) is 5.28. The molecule has 2 N–H and O–H groups in total. The molecule has 1 saturated heterocycles. The Morgan fingerprint density at radius 3 is 2.23 bits per heavy atom. The first-order valence-electron chi connectivity index (χ1n) is 5.58. The fourth-order valence-corrected chi connectivity index (χ4v) is 3.24. The summed E-state index contributed by atoms with van der Waals surface area (Å²) in [4.78, 5) is 2.51. The van der Waals surface area contributed by atoms with E-state index in [-0.39, 0.29) is 6.17 Å². The van der Waals surface area contributed by atoms with Crippen LogP contribution in [0.3, 0.4) is 0 Å². The minimum Gasteiger partial charge on any atom is -0.316 e. The van der Waals surface area contributed by atoms with Crippen molar-refractivity contribution in [3.63, 3.8) is 0 Å². The smallest absolute Gasteiger partial charge is 0.0545 e. The minimum atomic E-state index is 0.243. The highest BCUT2D eigenvalue weighted by molar-refractivity contribution is 5.09. The Bertz CT molecular complexity index is 194. The van der Waals surface area contributed by atoms with Gasteiger partial charge in [-0.05, 0) is 37.5 Å². The van der Waals surface area contributed by atoms with Crippen molar-refractivity contribution in [2.75, 3.05) is 6.54 Å². The zero-order chi connectivity index (χ0) is 9.64. The maximum absolute atomic E-state index is 6.00. The van der Waals surface area contributed by atoms with Gasteiger partial charge in [-0.3, -0.25) is 4.90 Å². The largest absolute Gasteiger partial charge is 0.316 e. The molecule has 2 unspecified atom stereocenters. The normalized spacial score (nSPS) is 34.4. The third kappa shape index (κ3) is 1.40. The molecule has 2 fully saturated rings. The molecule has 2 aliphatic rings. The molecule has 76 valence electrons. The maximum Gasteiger partial charge on any atom is 0.0545 e. The Kier molecular flexibility index (Phi) is 2.16. The first-order valence-corrected chi connectivity index (χ1v) is 5.58. The van der Waals surface area contributed by atoms with Gasteiger partial charge in [0, 0.05) is 12.6 Å². The third-order valence-electron chi connectivity index (χ3n) is 3.90. The van der Waals surface area contributed by atoms with Crippen LogP contribution in [-0.4, -0.2) is 23.7 Å². The van der Waals surface area contributed by atoms with Gasteiger partial charge < -0.3 is 5.73 Å². The van der Waals surface area contributed by atoms with E-state index in [1.165, 1.54) is 25.8 Å². The molecule has 0 amide bonds. The van der Waals surface area contributed by atoms with Crippen molar-refractivity contribution >= 4 is 0 Å². The monoisotopic (exact) mass is 182 g/mol. The fourth-order valence-electron chi connectivity index (χ4n) is 3.24. The van der Waals surface area contributed by atoms with Crippen LogP contribution < -0.4 is 5.73 Å². The van der Waals surface area contributed by atoms with Crippen LogP contribution in [0.1, 0.15) is 40.0 Å². The van der Waals surface area contributed by atoms with Crippen molar-refractivity contribution < 1.29 is 0 Å². The first-order chi connectivity index (χ1) is 6.07. The fraction of sp³-hybridized carbons (Fsp3) is 1.00. The highest BCUT2D eigenvalue weighted by Gasteiger charge is 2.56. The molecule has 1 aliphatic carbocycles. The average Bonchev–Trinajstić information content (AvgIpc) is 2.61. The molecule has 1 spiro atoms. The Hall–Kier alpha value is -0.0800. The van der Waals surface area contributed by atoms with Crippen LogP contribution in [0.2, 0.25) is 0 Å². The highest BCUT2D eigenvalue weighted by atomic mass is 15.3. The van der Waals surface area contributed by atoms with Gasteiger partial charge in [0.1, 0.15) is 0 Å². The molecule has 2 nitrogen and oxygen atoms in total. The molecule has 0 aromatic rings. The summed E-state index contributed by atoms with van der Waals surface area (Å²) in [6.45, 7) is 8.02. The van der Waals surface area contributed by atoms with E-state index in [1.807, 2.05) is 0 Å². The van der Waals surface area contributed by atoms with E-state index in [0.29, 0.717) is 5.41 Å². The molecule has 2 rings (SSSR count). The van der Waals surface area contributed by atoms with E-state index in [4.69, 9.17) is 5.73 Å². The molecule has 1 heterocycles. The predicted molar refractivity (Wildman–Crippen MR) is 55.3 cm³/mol. The minimum absolute atomic E-state index is 0.243. The molecular formula is C11H22N2. The van der Waals surface area contributed by atoms with Gasteiger partial charge in [0.05, 0.1) is 6.17 Å². The highest BCUT2D eigenvalue weighted by Crippen LogP contribution is 2.58.